The number of carbonyl (C=O) groups is 1. The lowest BCUT2D eigenvalue weighted by Crippen LogP contribution is -2.11. The maximum absolute atomic E-state index is 10.7. The molecule has 14 heavy (non-hydrogen) atoms. The number of allylic oxidation sites excluding steroid dienone is 1. The fourth-order valence-electron chi connectivity index (χ4n) is 4.66. The average Bonchev–Trinajstić information content (AvgIpc) is 2.57. The van der Waals surface area contributed by atoms with E-state index in [-0.39, 0.29) is 5.97 Å². The van der Waals surface area contributed by atoms with E-state index in [0.717, 1.165) is 35.5 Å². The lowest BCUT2D eigenvalue weighted by Gasteiger charge is -2.14. The maximum atomic E-state index is 10.7. The van der Waals surface area contributed by atoms with Crippen LogP contribution in [0.4, 0.5) is 0 Å². The van der Waals surface area contributed by atoms with Gasteiger partial charge in [0.15, 0.2) is 0 Å². The summed E-state index contributed by atoms with van der Waals surface area (Å²) in [6, 6.07) is 0. The van der Waals surface area contributed by atoms with Crippen LogP contribution in [-0.2, 0) is 9.53 Å². The monoisotopic (exact) mass is 190 g/mol. The predicted octanol–water partition coefficient (Wildman–Crippen LogP) is 1.62. The molecule has 0 aliphatic heterocycles. The molecule has 4 fully saturated rings. The van der Waals surface area contributed by atoms with Crippen molar-refractivity contribution in [1.82, 2.24) is 0 Å². The van der Waals surface area contributed by atoms with Crippen LogP contribution in [0.1, 0.15) is 13.3 Å². The van der Waals surface area contributed by atoms with Crippen molar-refractivity contribution in [3.8, 4) is 0 Å². The van der Waals surface area contributed by atoms with Crippen molar-refractivity contribution in [2.24, 2.45) is 35.5 Å². The molecule has 0 heterocycles. The Morgan fingerprint density at radius 1 is 1.50 bits per heavy atom. The van der Waals surface area contributed by atoms with Gasteiger partial charge < -0.3 is 4.74 Å². The second kappa shape index (κ2) is 2.07. The Bertz CT molecular complexity index is 357. The molecule has 0 aromatic carbocycles. The molecule has 0 amide bonds. The number of rotatable bonds is 2. The van der Waals surface area contributed by atoms with Gasteiger partial charge in [0.25, 0.3) is 0 Å². The minimum atomic E-state index is -0.145. The standard InChI is InChI=1S/C12H14O2/c1-5(13)14-4-6-2-7-8-3-9-11(7)12(9)10(6)8/h2,7-12H,3-4H2,1H3/t7-,8-,9+,10+,11-,12-/m1/s1. The summed E-state index contributed by atoms with van der Waals surface area (Å²) in [7, 11) is 0. The van der Waals surface area contributed by atoms with E-state index in [0.29, 0.717) is 6.61 Å². The van der Waals surface area contributed by atoms with E-state index in [1.165, 1.54) is 18.9 Å². The number of carbonyl (C=O) groups excluding carboxylic acids is 1. The molecule has 0 N–H and O–H groups in total. The van der Waals surface area contributed by atoms with Gasteiger partial charge in [0.2, 0.25) is 0 Å². The number of hydrogen-bond donors (Lipinski definition) is 0. The molecule has 5 aliphatic rings. The summed E-state index contributed by atoms with van der Waals surface area (Å²) in [5.74, 6) is 5.59. The van der Waals surface area contributed by atoms with Gasteiger partial charge in [0.1, 0.15) is 6.61 Å². The zero-order valence-electron chi connectivity index (χ0n) is 8.27. The fourth-order valence-corrected chi connectivity index (χ4v) is 4.66. The Kier molecular flexibility index (Phi) is 1.11. The van der Waals surface area contributed by atoms with Gasteiger partial charge in [0.05, 0.1) is 0 Å². The molecule has 2 nitrogen and oxygen atoms in total. The predicted molar refractivity (Wildman–Crippen MR) is 50.3 cm³/mol. The Morgan fingerprint density at radius 2 is 2.36 bits per heavy atom. The Balaban J connectivity index is 1.56. The van der Waals surface area contributed by atoms with Crippen LogP contribution < -0.4 is 0 Å². The van der Waals surface area contributed by atoms with Crippen LogP contribution in [0.2, 0.25) is 0 Å². The van der Waals surface area contributed by atoms with E-state index in [4.69, 9.17) is 4.74 Å². The highest BCUT2D eigenvalue weighted by Crippen LogP contribution is 2.80. The van der Waals surface area contributed by atoms with Crippen molar-refractivity contribution >= 4 is 5.97 Å². The summed E-state index contributed by atoms with van der Waals surface area (Å²) >= 11 is 0. The van der Waals surface area contributed by atoms with Crippen molar-refractivity contribution in [1.29, 1.82) is 0 Å². The van der Waals surface area contributed by atoms with Crippen molar-refractivity contribution in [2.45, 2.75) is 13.3 Å². The van der Waals surface area contributed by atoms with Crippen molar-refractivity contribution < 1.29 is 9.53 Å². The van der Waals surface area contributed by atoms with Gasteiger partial charge in [-0.3, -0.25) is 4.79 Å². The summed E-state index contributed by atoms with van der Waals surface area (Å²) in [6.45, 7) is 2.07. The summed E-state index contributed by atoms with van der Waals surface area (Å²) in [5.41, 5.74) is 1.44. The molecule has 5 aliphatic carbocycles. The zero-order chi connectivity index (χ0) is 9.45. The van der Waals surface area contributed by atoms with E-state index in [9.17, 15) is 4.79 Å². The summed E-state index contributed by atoms with van der Waals surface area (Å²) in [4.78, 5) is 10.7. The first-order valence-electron chi connectivity index (χ1n) is 5.61. The van der Waals surface area contributed by atoms with Crippen LogP contribution >= 0.6 is 0 Å². The van der Waals surface area contributed by atoms with Crippen LogP contribution in [-0.4, -0.2) is 12.6 Å². The first-order chi connectivity index (χ1) is 6.77. The van der Waals surface area contributed by atoms with E-state index in [2.05, 4.69) is 6.08 Å². The highest BCUT2D eigenvalue weighted by Gasteiger charge is 2.75. The molecular weight excluding hydrogens is 176 g/mol. The van der Waals surface area contributed by atoms with Crippen molar-refractivity contribution in [3.05, 3.63) is 11.6 Å². The van der Waals surface area contributed by atoms with Gasteiger partial charge in [-0.25, -0.2) is 0 Å². The molecule has 0 spiro atoms. The minimum Gasteiger partial charge on any atom is -0.461 e. The highest BCUT2D eigenvalue weighted by molar-refractivity contribution is 5.66. The summed E-state index contributed by atoms with van der Waals surface area (Å²) in [6.07, 6.45) is 3.89. The van der Waals surface area contributed by atoms with Crippen LogP contribution in [0.3, 0.4) is 0 Å². The molecule has 6 bridgehead atoms. The van der Waals surface area contributed by atoms with Crippen LogP contribution in [0, 0.1) is 35.5 Å². The molecule has 6 atom stereocenters. The van der Waals surface area contributed by atoms with Gasteiger partial charge in [-0.15, -0.1) is 0 Å². The second-order valence-electron chi connectivity index (χ2n) is 5.34. The first-order valence-corrected chi connectivity index (χ1v) is 5.61. The van der Waals surface area contributed by atoms with Crippen LogP contribution in [0.15, 0.2) is 11.6 Å². The Hall–Kier alpha value is -0.790. The number of hydrogen-bond acceptors (Lipinski definition) is 2. The fraction of sp³-hybridized carbons (Fsp3) is 0.750. The van der Waals surface area contributed by atoms with Gasteiger partial charge in [-0.05, 0) is 47.5 Å². The smallest absolute Gasteiger partial charge is 0.302 e. The van der Waals surface area contributed by atoms with Gasteiger partial charge in [0, 0.05) is 6.92 Å². The second-order valence-corrected chi connectivity index (χ2v) is 5.34. The molecule has 4 saturated carbocycles. The van der Waals surface area contributed by atoms with Gasteiger partial charge in [-0.2, -0.15) is 0 Å². The molecule has 74 valence electrons. The normalized spacial score (nSPS) is 54.8. The van der Waals surface area contributed by atoms with E-state index in [1.807, 2.05) is 0 Å². The number of esters is 1. The largest absolute Gasteiger partial charge is 0.461 e. The molecule has 0 aromatic heterocycles. The SMILES string of the molecule is CC(=O)OCC1=C[C@@H]2[C@H]3C[C@H]4[C@@H]2[C@H]4[C@@H]13. The highest BCUT2D eigenvalue weighted by atomic mass is 16.5. The third kappa shape index (κ3) is 0.656. The lowest BCUT2D eigenvalue weighted by atomic mass is 9.95. The van der Waals surface area contributed by atoms with Crippen LogP contribution in [0.25, 0.3) is 0 Å². The lowest BCUT2D eigenvalue weighted by molar-refractivity contribution is -0.140. The topological polar surface area (TPSA) is 26.3 Å². The van der Waals surface area contributed by atoms with E-state index < -0.39 is 0 Å². The summed E-state index contributed by atoms with van der Waals surface area (Å²) < 4.78 is 5.10. The first kappa shape index (κ1) is 7.49. The number of ether oxygens (including phenoxy) is 1. The zero-order valence-corrected chi connectivity index (χ0v) is 8.27. The van der Waals surface area contributed by atoms with Crippen LogP contribution in [0.5, 0.6) is 0 Å². The Labute approximate surface area is 83.3 Å². The Morgan fingerprint density at radius 3 is 2.93 bits per heavy atom. The third-order valence-electron chi connectivity index (χ3n) is 4.93. The van der Waals surface area contributed by atoms with Crippen molar-refractivity contribution in [3.63, 3.8) is 0 Å². The van der Waals surface area contributed by atoms with Gasteiger partial charge >= 0.3 is 5.97 Å². The van der Waals surface area contributed by atoms with E-state index in [1.54, 1.807) is 0 Å². The summed E-state index contributed by atoms with van der Waals surface area (Å²) in [5, 5.41) is 0. The molecule has 0 saturated heterocycles. The quantitative estimate of drug-likeness (QED) is 0.488. The maximum Gasteiger partial charge on any atom is 0.302 e. The third-order valence-corrected chi connectivity index (χ3v) is 4.93. The minimum absolute atomic E-state index is 0.145. The van der Waals surface area contributed by atoms with Gasteiger partial charge in [-0.1, -0.05) is 6.08 Å². The van der Waals surface area contributed by atoms with Crippen molar-refractivity contribution in [2.75, 3.05) is 6.61 Å². The molecule has 0 unspecified atom stereocenters. The molecule has 0 radical (unpaired) electrons. The van der Waals surface area contributed by atoms with E-state index >= 15 is 0 Å². The molecular formula is C12H14O2. The molecule has 0 aromatic rings. The molecule has 2 heteroatoms. The average molecular weight is 190 g/mol. The molecule has 5 rings (SSSR count).